The molecule has 1 fully saturated rings. The van der Waals surface area contributed by atoms with E-state index in [2.05, 4.69) is 0 Å². The van der Waals surface area contributed by atoms with Crippen LogP contribution >= 0.6 is 0 Å². The Morgan fingerprint density at radius 3 is 2.67 bits per heavy atom. The Balaban J connectivity index is 2.47. The second-order valence-corrected chi connectivity index (χ2v) is 2.67. The molecule has 0 unspecified atom stereocenters. The number of carbonyl (C=O) groups is 1. The maximum absolute atomic E-state index is 10.2. The minimum absolute atomic E-state index is 0.250. The number of hydrogen-bond donors (Lipinski definition) is 1. The quantitative estimate of drug-likeness (QED) is 0.517. The van der Waals surface area contributed by atoms with Gasteiger partial charge >= 0.3 is 0 Å². The van der Waals surface area contributed by atoms with Gasteiger partial charge in [0.25, 0.3) is 0 Å². The molecule has 0 aromatic heterocycles. The van der Waals surface area contributed by atoms with Crippen molar-refractivity contribution in [3.05, 3.63) is 0 Å². The van der Waals surface area contributed by atoms with Crippen LogP contribution in [0.3, 0.4) is 0 Å². The number of rotatable bonds is 1. The van der Waals surface area contributed by atoms with E-state index in [1.54, 1.807) is 0 Å². The molecule has 1 rings (SSSR count). The fraction of sp³-hybridized carbons (Fsp3) is 0.833. The fourth-order valence-corrected chi connectivity index (χ4v) is 1.19. The van der Waals surface area contributed by atoms with Gasteiger partial charge in [-0.05, 0) is 12.3 Å². The number of hydroxylamine groups is 2. The van der Waals surface area contributed by atoms with Crippen LogP contribution in [-0.2, 0) is 4.79 Å². The van der Waals surface area contributed by atoms with E-state index in [1.807, 2.05) is 6.92 Å². The number of hydrogen-bond acceptors (Lipinski definition) is 3. The van der Waals surface area contributed by atoms with Crippen LogP contribution in [0.4, 0.5) is 0 Å². The molecule has 1 saturated heterocycles. The molecule has 0 spiro atoms. The highest BCUT2D eigenvalue weighted by atomic mass is 16.5. The summed E-state index contributed by atoms with van der Waals surface area (Å²) in [5, 5.41) is 10.1. The maximum atomic E-state index is 10.2. The zero-order valence-electron chi connectivity index (χ0n) is 5.45. The van der Waals surface area contributed by atoms with Crippen molar-refractivity contribution >= 4 is 6.29 Å². The van der Waals surface area contributed by atoms with Crippen LogP contribution in [0.1, 0.15) is 13.3 Å². The van der Waals surface area contributed by atoms with Crippen LogP contribution in [0.15, 0.2) is 0 Å². The monoisotopic (exact) mass is 129 g/mol. The molecule has 0 amide bonds. The first-order valence-electron chi connectivity index (χ1n) is 3.15. The summed E-state index contributed by atoms with van der Waals surface area (Å²) in [6, 6.07) is -0.250. The summed E-state index contributed by atoms with van der Waals surface area (Å²) in [6.07, 6.45) is 1.59. The molecule has 0 bridgehead atoms. The SMILES string of the molecule is C[C@H]1C[C@@H](C=O)N(O)C1. The van der Waals surface area contributed by atoms with Crippen molar-refractivity contribution in [3.8, 4) is 0 Å². The molecular weight excluding hydrogens is 118 g/mol. The second kappa shape index (κ2) is 2.45. The minimum Gasteiger partial charge on any atom is -0.313 e. The molecule has 1 aliphatic rings. The van der Waals surface area contributed by atoms with E-state index >= 15 is 0 Å². The van der Waals surface area contributed by atoms with Gasteiger partial charge in [-0.25, -0.2) is 0 Å². The molecule has 1 N–H and O–H groups in total. The van der Waals surface area contributed by atoms with Gasteiger partial charge in [-0.2, -0.15) is 5.06 Å². The molecule has 52 valence electrons. The summed E-state index contributed by atoms with van der Waals surface area (Å²) in [5.41, 5.74) is 0. The van der Waals surface area contributed by atoms with Crippen molar-refractivity contribution in [2.75, 3.05) is 6.54 Å². The van der Waals surface area contributed by atoms with Crippen molar-refractivity contribution in [2.24, 2.45) is 5.92 Å². The second-order valence-electron chi connectivity index (χ2n) is 2.67. The lowest BCUT2D eigenvalue weighted by Crippen LogP contribution is -2.26. The summed E-state index contributed by atoms with van der Waals surface area (Å²) >= 11 is 0. The zero-order valence-corrected chi connectivity index (χ0v) is 5.45. The van der Waals surface area contributed by atoms with Crippen molar-refractivity contribution < 1.29 is 10.0 Å². The molecule has 0 aliphatic carbocycles. The first kappa shape index (κ1) is 6.71. The predicted octanol–water partition coefficient (Wildman–Crippen LogP) is 0.285. The third-order valence-electron chi connectivity index (χ3n) is 1.68. The Morgan fingerprint density at radius 2 is 2.44 bits per heavy atom. The fourth-order valence-electron chi connectivity index (χ4n) is 1.19. The van der Waals surface area contributed by atoms with Crippen LogP contribution in [-0.4, -0.2) is 29.1 Å². The Labute approximate surface area is 54.2 Å². The molecule has 3 heteroatoms. The minimum atomic E-state index is -0.250. The van der Waals surface area contributed by atoms with Crippen molar-refractivity contribution in [1.82, 2.24) is 5.06 Å². The highest BCUT2D eigenvalue weighted by Crippen LogP contribution is 2.18. The van der Waals surface area contributed by atoms with E-state index in [9.17, 15) is 4.79 Å². The first-order valence-corrected chi connectivity index (χ1v) is 3.15. The van der Waals surface area contributed by atoms with Gasteiger partial charge in [0, 0.05) is 6.54 Å². The van der Waals surface area contributed by atoms with Gasteiger partial charge in [0.1, 0.15) is 6.29 Å². The average molecular weight is 129 g/mol. The largest absolute Gasteiger partial charge is 0.313 e. The summed E-state index contributed by atoms with van der Waals surface area (Å²) < 4.78 is 0. The number of carbonyl (C=O) groups excluding carboxylic acids is 1. The van der Waals surface area contributed by atoms with Gasteiger partial charge in [-0.15, -0.1) is 0 Å². The van der Waals surface area contributed by atoms with E-state index in [1.165, 1.54) is 0 Å². The van der Waals surface area contributed by atoms with Gasteiger partial charge in [0.15, 0.2) is 0 Å². The molecule has 0 radical (unpaired) electrons. The summed E-state index contributed by atoms with van der Waals surface area (Å²) in [4.78, 5) is 10.2. The lowest BCUT2D eigenvalue weighted by atomic mass is 10.1. The highest BCUT2D eigenvalue weighted by molar-refractivity contribution is 5.57. The summed E-state index contributed by atoms with van der Waals surface area (Å²) in [5.74, 6) is 0.449. The van der Waals surface area contributed by atoms with Crippen LogP contribution < -0.4 is 0 Å². The van der Waals surface area contributed by atoms with Crippen LogP contribution in [0.25, 0.3) is 0 Å². The zero-order chi connectivity index (χ0) is 6.85. The Bertz CT molecular complexity index is 116. The van der Waals surface area contributed by atoms with Gasteiger partial charge in [0.05, 0.1) is 6.04 Å². The molecule has 0 aromatic carbocycles. The third-order valence-corrected chi connectivity index (χ3v) is 1.68. The molecular formula is C6H11NO2. The number of aldehydes is 1. The van der Waals surface area contributed by atoms with E-state index in [0.29, 0.717) is 12.5 Å². The van der Waals surface area contributed by atoms with E-state index in [4.69, 9.17) is 5.21 Å². The Kier molecular flexibility index (Phi) is 1.83. The van der Waals surface area contributed by atoms with E-state index in [0.717, 1.165) is 17.8 Å². The number of nitrogens with zero attached hydrogens (tertiary/aromatic N) is 1. The lowest BCUT2D eigenvalue weighted by molar-refractivity contribution is -0.132. The maximum Gasteiger partial charge on any atom is 0.139 e. The highest BCUT2D eigenvalue weighted by Gasteiger charge is 2.27. The van der Waals surface area contributed by atoms with E-state index < -0.39 is 0 Å². The summed E-state index contributed by atoms with van der Waals surface area (Å²) in [6.45, 7) is 2.65. The Morgan fingerprint density at radius 1 is 1.78 bits per heavy atom. The average Bonchev–Trinajstić information content (AvgIpc) is 2.10. The molecule has 3 nitrogen and oxygen atoms in total. The molecule has 9 heavy (non-hydrogen) atoms. The topological polar surface area (TPSA) is 40.5 Å². The van der Waals surface area contributed by atoms with Gasteiger partial charge in [-0.1, -0.05) is 6.92 Å². The van der Waals surface area contributed by atoms with Crippen LogP contribution in [0.2, 0.25) is 0 Å². The van der Waals surface area contributed by atoms with Crippen molar-refractivity contribution in [1.29, 1.82) is 0 Å². The molecule has 0 aromatic rings. The molecule has 2 atom stereocenters. The third kappa shape index (κ3) is 1.28. The van der Waals surface area contributed by atoms with Crippen LogP contribution in [0.5, 0.6) is 0 Å². The standard InChI is InChI=1S/C6H11NO2/c1-5-2-6(4-8)7(9)3-5/h4-6,9H,2-3H2,1H3/t5-,6-/m0/s1. The van der Waals surface area contributed by atoms with E-state index in [-0.39, 0.29) is 6.04 Å². The van der Waals surface area contributed by atoms with Gasteiger partial charge in [-0.3, -0.25) is 0 Å². The normalized spacial score (nSPS) is 37.1. The first-order chi connectivity index (χ1) is 4.24. The Hall–Kier alpha value is -0.410. The predicted molar refractivity (Wildman–Crippen MR) is 32.1 cm³/mol. The van der Waals surface area contributed by atoms with Gasteiger partial charge < -0.3 is 10.0 Å². The smallest absolute Gasteiger partial charge is 0.139 e. The van der Waals surface area contributed by atoms with Crippen LogP contribution in [0, 0.1) is 5.92 Å². The summed E-state index contributed by atoms with van der Waals surface area (Å²) in [7, 11) is 0. The van der Waals surface area contributed by atoms with Gasteiger partial charge in [0.2, 0.25) is 0 Å². The molecule has 1 heterocycles. The van der Waals surface area contributed by atoms with Crippen molar-refractivity contribution in [3.63, 3.8) is 0 Å². The molecule has 1 aliphatic heterocycles. The lowest BCUT2D eigenvalue weighted by Gasteiger charge is -2.08. The van der Waals surface area contributed by atoms with Crippen molar-refractivity contribution in [2.45, 2.75) is 19.4 Å². The molecule has 0 saturated carbocycles.